The summed E-state index contributed by atoms with van der Waals surface area (Å²) in [4.78, 5) is 36.3. The number of thioether (sulfide) groups is 1. The maximum Gasteiger partial charge on any atom is 0.259 e. The molecule has 0 aromatic carbocycles. The third-order valence-corrected chi connectivity index (χ3v) is 6.96. The van der Waals surface area contributed by atoms with Gasteiger partial charge in [0.1, 0.15) is 10.7 Å². The van der Waals surface area contributed by atoms with E-state index in [4.69, 9.17) is 4.74 Å². The van der Waals surface area contributed by atoms with Gasteiger partial charge in [-0.25, -0.2) is 4.98 Å². The number of aromatic nitrogens is 2. The SMILES string of the molecule is CC[C@@H](C)Cc1c(C)sc2nc(CSCC(=O)N3CCOCC3)[nH]c(=O)c12. The summed E-state index contributed by atoms with van der Waals surface area (Å²) in [5.41, 5.74) is 1.08. The molecule has 0 aliphatic carbocycles. The van der Waals surface area contributed by atoms with Gasteiger partial charge in [-0.1, -0.05) is 20.3 Å². The van der Waals surface area contributed by atoms with Crippen molar-refractivity contribution in [3.05, 3.63) is 26.6 Å². The number of fused-ring (bicyclic) bond motifs is 1. The molecule has 3 rings (SSSR count). The quantitative estimate of drug-likeness (QED) is 0.761. The molecule has 1 atom stereocenters. The highest BCUT2D eigenvalue weighted by molar-refractivity contribution is 7.99. The van der Waals surface area contributed by atoms with Gasteiger partial charge in [0.25, 0.3) is 5.56 Å². The molecular formula is C19H27N3O3S2. The minimum Gasteiger partial charge on any atom is -0.378 e. The Balaban J connectivity index is 1.67. The van der Waals surface area contributed by atoms with Crippen molar-refractivity contribution >= 4 is 39.2 Å². The van der Waals surface area contributed by atoms with Crippen LogP contribution in [-0.4, -0.2) is 52.8 Å². The molecule has 148 valence electrons. The molecular weight excluding hydrogens is 382 g/mol. The van der Waals surface area contributed by atoms with E-state index in [1.165, 1.54) is 16.6 Å². The molecule has 8 heteroatoms. The summed E-state index contributed by atoms with van der Waals surface area (Å²) in [6.45, 7) is 8.99. The summed E-state index contributed by atoms with van der Waals surface area (Å²) in [5.74, 6) is 2.23. The van der Waals surface area contributed by atoms with E-state index in [0.717, 1.165) is 28.6 Å². The predicted molar refractivity (Wildman–Crippen MR) is 112 cm³/mol. The van der Waals surface area contributed by atoms with Crippen molar-refractivity contribution in [3.8, 4) is 0 Å². The Kier molecular flexibility index (Phi) is 6.94. The monoisotopic (exact) mass is 409 g/mol. The Hall–Kier alpha value is -1.38. The van der Waals surface area contributed by atoms with Gasteiger partial charge in [-0.15, -0.1) is 23.1 Å². The Morgan fingerprint density at radius 2 is 2.15 bits per heavy atom. The highest BCUT2D eigenvalue weighted by atomic mass is 32.2. The summed E-state index contributed by atoms with van der Waals surface area (Å²) in [6, 6.07) is 0. The number of H-pyrrole nitrogens is 1. The number of amides is 1. The molecule has 1 saturated heterocycles. The van der Waals surface area contributed by atoms with E-state index in [9.17, 15) is 9.59 Å². The van der Waals surface area contributed by atoms with Gasteiger partial charge in [-0.05, 0) is 24.8 Å². The lowest BCUT2D eigenvalue weighted by atomic mass is 9.98. The average Bonchev–Trinajstić information content (AvgIpc) is 2.97. The molecule has 0 saturated carbocycles. The number of carbonyl (C=O) groups is 1. The van der Waals surface area contributed by atoms with E-state index in [-0.39, 0.29) is 11.5 Å². The molecule has 0 radical (unpaired) electrons. The summed E-state index contributed by atoms with van der Waals surface area (Å²) in [7, 11) is 0. The molecule has 1 aliphatic rings. The van der Waals surface area contributed by atoms with Crippen molar-refractivity contribution < 1.29 is 9.53 Å². The van der Waals surface area contributed by atoms with E-state index >= 15 is 0 Å². The number of rotatable bonds is 7. The van der Waals surface area contributed by atoms with Gasteiger partial charge in [0.15, 0.2) is 0 Å². The fraction of sp³-hybridized carbons (Fsp3) is 0.632. The van der Waals surface area contributed by atoms with Gasteiger partial charge in [0.05, 0.1) is 30.1 Å². The number of morpholine rings is 1. The van der Waals surface area contributed by atoms with Crippen LogP contribution in [-0.2, 0) is 21.7 Å². The smallest absolute Gasteiger partial charge is 0.259 e. The number of ether oxygens (including phenoxy) is 1. The van der Waals surface area contributed by atoms with Crippen LogP contribution in [0.1, 0.15) is 36.5 Å². The van der Waals surface area contributed by atoms with Crippen LogP contribution in [0.15, 0.2) is 4.79 Å². The van der Waals surface area contributed by atoms with Crippen molar-refractivity contribution in [2.45, 2.75) is 39.4 Å². The largest absolute Gasteiger partial charge is 0.378 e. The number of nitrogens with one attached hydrogen (secondary N) is 1. The molecule has 1 fully saturated rings. The number of aryl methyl sites for hydroxylation is 1. The number of nitrogens with zero attached hydrogens (tertiary/aromatic N) is 2. The van der Waals surface area contributed by atoms with Gasteiger partial charge >= 0.3 is 0 Å². The molecule has 1 amide bonds. The van der Waals surface area contributed by atoms with Gasteiger partial charge in [0, 0.05) is 18.0 Å². The summed E-state index contributed by atoms with van der Waals surface area (Å²) < 4.78 is 5.27. The van der Waals surface area contributed by atoms with Crippen molar-refractivity contribution in [1.29, 1.82) is 0 Å². The molecule has 0 spiro atoms. The molecule has 0 bridgehead atoms. The standard InChI is InChI=1S/C19H27N3O3S2/c1-4-12(2)9-14-13(3)27-19-17(14)18(24)20-15(21-19)10-26-11-16(23)22-5-7-25-8-6-22/h12H,4-11H2,1-3H3,(H,20,21,24)/t12-/m1/s1. The van der Waals surface area contributed by atoms with E-state index in [1.807, 2.05) is 4.90 Å². The first kappa shape index (κ1) is 20.4. The van der Waals surface area contributed by atoms with Crippen LogP contribution in [0.3, 0.4) is 0 Å². The van der Waals surface area contributed by atoms with Crippen molar-refractivity contribution in [2.24, 2.45) is 5.92 Å². The number of hydrogen-bond donors (Lipinski definition) is 1. The molecule has 2 aromatic rings. The Morgan fingerprint density at radius 3 is 2.85 bits per heavy atom. The Bertz CT molecular complexity index is 856. The zero-order chi connectivity index (χ0) is 19.4. The van der Waals surface area contributed by atoms with Gasteiger partial charge in [-0.3, -0.25) is 9.59 Å². The second-order valence-corrected chi connectivity index (χ2v) is 9.22. The van der Waals surface area contributed by atoms with Crippen molar-refractivity contribution in [2.75, 3.05) is 32.1 Å². The molecule has 2 aromatic heterocycles. The van der Waals surface area contributed by atoms with Crippen LogP contribution in [0.4, 0.5) is 0 Å². The first-order valence-corrected chi connectivity index (χ1v) is 11.4. The van der Waals surface area contributed by atoms with Crippen molar-refractivity contribution in [1.82, 2.24) is 14.9 Å². The molecule has 27 heavy (non-hydrogen) atoms. The fourth-order valence-corrected chi connectivity index (χ4v) is 5.03. The molecule has 1 aliphatic heterocycles. The lowest BCUT2D eigenvalue weighted by Crippen LogP contribution is -2.41. The maximum atomic E-state index is 12.7. The summed E-state index contributed by atoms with van der Waals surface area (Å²) >= 11 is 3.08. The van der Waals surface area contributed by atoms with Crippen molar-refractivity contribution in [3.63, 3.8) is 0 Å². The lowest BCUT2D eigenvalue weighted by molar-refractivity contribution is -0.132. The number of aromatic amines is 1. The van der Waals surface area contributed by atoms with E-state index in [0.29, 0.717) is 49.6 Å². The zero-order valence-corrected chi connectivity index (χ0v) is 17.8. The lowest BCUT2D eigenvalue weighted by Gasteiger charge is -2.26. The Labute approximate surface area is 167 Å². The Morgan fingerprint density at radius 1 is 1.41 bits per heavy atom. The molecule has 0 unspecified atom stereocenters. The van der Waals surface area contributed by atoms with Crippen LogP contribution in [0.2, 0.25) is 0 Å². The van der Waals surface area contributed by atoms with Crippen LogP contribution >= 0.6 is 23.1 Å². The number of hydrogen-bond acceptors (Lipinski definition) is 6. The highest BCUT2D eigenvalue weighted by Crippen LogP contribution is 2.29. The minimum absolute atomic E-state index is 0.0576. The molecule has 6 nitrogen and oxygen atoms in total. The number of carbonyl (C=O) groups excluding carboxylic acids is 1. The van der Waals surface area contributed by atoms with Crippen LogP contribution in [0.25, 0.3) is 10.2 Å². The van der Waals surface area contributed by atoms with E-state index in [1.54, 1.807) is 11.3 Å². The minimum atomic E-state index is -0.0576. The van der Waals surface area contributed by atoms with Gasteiger partial charge < -0.3 is 14.6 Å². The third-order valence-electron chi connectivity index (χ3n) is 4.99. The second kappa shape index (κ2) is 9.21. The first-order chi connectivity index (χ1) is 13.0. The normalized spacial score (nSPS) is 16.0. The van der Waals surface area contributed by atoms with E-state index < -0.39 is 0 Å². The zero-order valence-electron chi connectivity index (χ0n) is 16.2. The summed E-state index contributed by atoms with van der Waals surface area (Å²) in [6.07, 6.45) is 2.00. The fourth-order valence-electron chi connectivity index (χ4n) is 3.17. The van der Waals surface area contributed by atoms with Crippen LogP contribution < -0.4 is 5.56 Å². The maximum absolute atomic E-state index is 12.7. The third kappa shape index (κ3) is 4.92. The van der Waals surface area contributed by atoms with Gasteiger partial charge in [0.2, 0.25) is 5.91 Å². The van der Waals surface area contributed by atoms with Gasteiger partial charge in [-0.2, -0.15) is 0 Å². The second-order valence-electron chi connectivity index (χ2n) is 7.03. The highest BCUT2D eigenvalue weighted by Gasteiger charge is 2.18. The number of thiophene rings is 1. The topological polar surface area (TPSA) is 75.3 Å². The first-order valence-electron chi connectivity index (χ1n) is 9.44. The summed E-state index contributed by atoms with van der Waals surface area (Å²) in [5, 5.41) is 0.746. The molecule has 3 heterocycles. The molecule has 1 N–H and O–H groups in total. The average molecular weight is 410 g/mol. The van der Waals surface area contributed by atoms with Crippen LogP contribution in [0.5, 0.6) is 0 Å². The van der Waals surface area contributed by atoms with E-state index in [2.05, 4.69) is 30.7 Å². The predicted octanol–water partition coefficient (Wildman–Crippen LogP) is 2.97. The van der Waals surface area contributed by atoms with Crippen LogP contribution in [0, 0.1) is 12.8 Å².